The van der Waals surface area contributed by atoms with Crippen LogP contribution in [0.1, 0.15) is 5.82 Å². The molecule has 4 nitrogen and oxygen atoms in total. The minimum Gasteiger partial charge on any atom is -0.493 e. The van der Waals surface area contributed by atoms with Gasteiger partial charge in [0.25, 0.3) is 0 Å². The molecule has 0 N–H and O–H groups in total. The van der Waals surface area contributed by atoms with Crippen LogP contribution in [0.5, 0.6) is 17.2 Å². The Kier molecular flexibility index (Phi) is 4.07. The van der Waals surface area contributed by atoms with Gasteiger partial charge in [0.1, 0.15) is 11.6 Å². The Hall–Kier alpha value is -1.59. The molecule has 100 valence electrons. The van der Waals surface area contributed by atoms with Crippen molar-refractivity contribution in [2.45, 2.75) is 6.92 Å². The predicted molar refractivity (Wildman–Crippen MR) is 69.8 cm³/mol. The number of halogens is 3. The van der Waals surface area contributed by atoms with Gasteiger partial charge in [0.15, 0.2) is 21.8 Å². The normalized spacial score (nSPS) is 10.4. The summed E-state index contributed by atoms with van der Waals surface area (Å²) in [6.45, 7) is 1.65. The smallest absolute Gasteiger partial charge is 0.202 e. The highest BCUT2D eigenvalue weighted by atomic mass is 35.5. The minimum absolute atomic E-state index is 0.0730. The van der Waals surface area contributed by atoms with E-state index >= 15 is 0 Å². The SMILES string of the molecule is COc1cc(F)ccc1Oc1c(Cl)nc(C)nc1Cl. The third kappa shape index (κ3) is 3.05. The van der Waals surface area contributed by atoms with E-state index in [4.69, 9.17) is 32.7 Å². The van der Waals surface area contributed by atoms with Crippen LogP contribution in [-0.4, -0.2) is 17.1 Å². The Morgan fingerprint density at radius 3 is 2.32 bits per heavy atom. The zero-order chi connectivity index (χ0) is 14.0. The molecule has 7 heteroatoms. The Bertz CT molecular complexity index is 600. The molecule has 1 aromatic heterocycles. The van der Waals surface area contributed by atoms with Crippen LogP contribution in [0.4, 0.5) is 4.39 Å². The van der Waals surface area contributed by atoms with Crippen LogP contribution in [0.25, 0.3) is 0 Å². The number of benzene rings is 1. The first-order chi connectivity index (χ1) is 9.01. The summed E-state index contributed by atoms with van der Waals surface area (Å²) in [4.78, 5) is 7.87. The molecule has 1 heterocycles. The van der Waals surface area contributed by atoms with Crippen LogP contribution in [-0.2, 0) is 0 Å². The van der Waals surface area contributed by atoms with Gasteiger partial charge in [0.05, 0.1) is 7.11 Å². The van der Waals surface area contributed by atoms with E-state index in [1.165, 1.54) is 25.3 Å². The molecule has 0 fully saturated rings. The summed E-state index contributed by atoms with van der Waals surface area (Å²) in [5, 5.41) is 0.146. The number of hydrogen-bond acceptors (Lipinski definition) is 4. The number of rotatable bonds is 3. The van der Waals surface area contributed by atoms with Crippen LogP contribution in [0.2, 0.25) is 10.3 Å². The quantitative estimate of drug-likeness (QED) is 0.803. The lowest BCUT2D eigenvalue weighted by atomic mass is 10.3. The molecule has 0 spiro atoms. The Balaban J connectivity index is 2.42. The van der Waals surface area contributed by atoms with Gasteiger partial charge in [-0.15, -0.1) is 0 Å². The number of aryl methyl sites for hydroxylation is 1. The number of hydrogen-bond donors (Lipinski definition) is 0. The highest BCUT2D eigenvalue weighted by Gasteiger charge is 2.15. The van der Waals surface area contributed by atoms with Gasteiger partial charge < -0.3 is 9.47 Å². The molecule has 0 amide bonds. The van der Waals surface area contributed by atoms with Crippen molar-refractivity contribution in [1.82, 2.24) is 9.97 Å². The molecule has 1 aromatic carbocycles. The van der Waals surface area contributed by atoms with Gasteiger partial charge in [-0.1, -0.05) is 23.2 Å². The van der Waals surface area contributed by atoms with Gasteiger partial charge in [-0.05, 0) is 19.1 Å². The average molecular weight is 303 g/mol. The van der Waals surface area contributed by atoms with Crippen LogP contribution in [0.3, 0.4) is 0 Å². The fourth-order valence-electron chi connectivity index (χ4n) is 1.42. The third-order valence-electron chi connectivity index (χ3n) is 2.23. The summed E-state index contributed by atoms with van der Waals surface area (Å²) >= 11 is 11.9. The molecule has 0 saturated carbocycles. The van der Waals surface area contributed by atoms with Gasteiger partial charge in [0, 0.05) is 6.07 Å². The molecular weight excluding hydrogens is 294 g/mol. The molecule has 2 aromatic rings. The molecule has 0 aliphatic rings. The maximum Gasteiger partial charge on any atom is 0.202 e. The fourth-order valence-corrected chi connectivity index (χ4v) is 1.96. The van der Waals surface area contributed by atoms with Crippen molar-refractivity contribution in [3.8, 4) is 17.2 Å². The molecule has 0 atom stereocenters. The maximum absolute atomic E-state index is 13.1. The minimum atomic E-state index is -0.443. The highest BCUT2D eigenvalue weighted by molar-refractivity contribution is 6.35. The maximum atomic E-state index is 13.1. The molecule has 2 rings (SSSR count). The molecule has 0 aliphatic carbocycles. The van der Waals surface area contributed by atoms with E-state index in [1.807, 2.05) is 0 Å². The number of methoxy groups -OCH3 is 1. The van der Waals surface area contributed by atoms with E-state index < -0.39 is 5.82 Å². The van der Waals surface area contributed by atoms with E-state index in [0.717, 1.165) is 0 Å². The van der Waals surface area contributed by atoms with Crippen molar-refractivity contribution in [1.29, 1.82) is 0 Å². The van der Waals surface area contributed by atoms with Crippen molar-refractivity contribution in [2.75, 3.05) is 7.11 Å². The van der Waals surface area contributed by atoms with Gasteiger partial charge in [-0.2, -0.15) is 0 Å². The van der Waals surface area contributed by atoms with E-state index in [9.17, 15) is 4.39 Å². The van der Waals surface area contributed by atoms with Gasteiger partial charge in [-0.3, -0.25) is 0 Å². The second kappa shape index (κ2) is 5.59. The summed E-state index contributed by atoms with van der Waals surface area (Å²) < 4.78 is 23.6. The zero-order valence-electron chi connectivity index (χ0n) is 10.1. The fraction of sp³-hybridized carbons (Fsp3) is 0.167. The molecule has 0 bridgehead atoms. The van der Waals surface area contributed by atoms with Crippen LogP contribution >= 0.6 is 23.2 Å². The van der Waals surface area contributed by atoms with Crippen LogP contribution in [0.15, 0.2) is 18.2 Å². The lowest BCUT2D eigenvalue weighted by Crippen LogP contribution is -1.96. The standard InChI is InChI=1S/C12H9Cl2FN2O2/c1-6-16-11(13)10(12(14)17-6)19-8-4-3-7(15)5-9(8)18-2/h3-5H,1-2H3. The first-order valence-corrected chi connectivity index (χ1v) is 5.98. The molecule has 19 heavy (non-hydrogen) atoms. The monoisotopic (exact) mass is 302 g/mol. The second-order valence-corrected chi connectivity index (χ2v) is 4.29. The van der Waals surface area contributed by atoms with Crippen molar-refractivity contribution >= 4 is 23.2 Å². The summed E-state index contributed by atoms with van der Waals surface area (Å²) in [6, 6.07) is 3.82. The molecule has 0 unspecified atom stereocenters. The number of aromatic nitrogens is 2. The lowest BCUT2D eigenvalue weighted by Gasteiger charge is -2.12. The molecule has 0 aliphatic heterocycles. The Labute approximate surface area is 119 Å². The molecular formula is C12H9Cl2FN2O2. The van der Waals surface area contributed by atoms with Gasteiger partial charge in [-0.25, -0.2) is 14.4 Å². The Morgan fingerprint density at radius 2 is 1.74 bits per heavy atom. The van der Waals surface area contributed by atoms with Crippen molar-refractivity contribution in [3.05, 3.63) is 40.1 Å². The van der Waals surface area contributed by atoms with Crippen LogP contribution < -0.4 is 9.47 Å². The van der Waals surface area contributed by atoms with Gasteiger partial charge in [0.2, 0.25) is 5.75 Å². The Morgan fingerprint density at radius 1 is 1.11 bits per heavy atom. The second-order valence-electron chi connectivity index (χ2n) is 3.58. The molecule has 0 saturated heterocycles. The van der Waals surface area contributed by atoms with E-state index in [0.29, 0.717) is 5.82 Å². The highest BCUT2D eigenvalue weighted by Crippen LogP contribution is 2.37. The summed E-state index contributed by atoms with van der Waals surface area (Å²) in [6.07, 6.45) is 0. The summed E-state index contributed by atoms with van der Waals surface area (Å²) in [5.74, 6) is 0.557. The lowest BCUT2D eigenvalue weighted by molar-refractivity contribution is 0.374. The van der Waals surface area contributed by atoms with Gasteiger partial charge >= 0.3 is 0 Å². The third-order valence-corrected chi connectivity index (χ3v) is 2.74. The first-order valence-electron chi connectivity index (χ1n) is 5.22. The zero-order valence-corrected chi connectivity index (χ0v) is 11.6. The van der Waals surface area contributed by atoms with Crippen LogP contribution in [0, 0.1) is 12.7 Å². The summed E-state index contributed by atoms with van der Waals surface area (Å²) in [7, 11) is 1.40. The van der Waals surface area contributed by atoms with Crippen molar-refractivity contribution in [2.24, 2.45) is 0 Å². The average Bonchev–Trinajstić information content (AvgIpc) is 2.35. The molecule has 0 radical (unpaired) electrons. The van der Waals surface area contributed by atoms with Crippen molar-refractivity contribution < 1.29 is 13.9 Å². The first kappa shape index (κ1) is 13.8. The number of ether oxygens (including phenoxy) is 2. The van der Waals surface area contributed by atoms with E-state index in [1.54, 1.807) is 6.92 Å². The largest absolute Gasteiger partial charge is 0.493 e. The topological polar surface area (TPSA) is 44.2 Å². The van der Waals surface area contributed by atoms with E-state index in [2.05, 4.69) is 9.97 Å². The predicted octanol–water partition coefficient (Wildman–Crippen LogP) is 4.03. The summed E-state index contributed by atoms with van der Waals surface area (Å²) in [5.41, 5.74) is 0. The van der Waals surface area contributed by atoms with Crippen molar-refractivity contribution in [3.63, 3.8) is 0 Å². The number of nitrogens with zero attached hydrogens (tertiary/aromatic N) is 2. The van der Waals surface area contributed by atoms with E-state index in [-0.39, 0.29) is 27.6 Å².